The second-order valence-corrected chi connectivity index (χ2v) is 7.54. The molecule has 142 valence electrons. The van der Waals surface area contributed by atoms with Crippen LogP contribution >= 0.6 is 0 Å². The largest absolute Gasteiger partial charge is 0.334 e. The lowest BCUT2D eigenvalue weighted by atomic mass is 10.0. The molecule has 2 fully saturated rings. The monoisotopic (exact) mass is 365 g/mol. The van der Waals surface area contributed by atoms with E-state index in [4.69, 9.17) is 0 Å². The van der Waals surface area contributed by atoms with Gasteiger partial charge in [0, 0.05) is 30.3 Å². The minimum atomic E-state index is 0.136. The van der Waals surface area contributed by atoms with Gasteiger partial charge in [0.15, 0.2) is 0 Å². The number of rotatable bonds is 5. The van der Waals surface area contributed by atoms with Gasteiger partial charge in [-0.05, 0) is 62.5 Å². The van der Waals surface area contributed by atoms with Crippen molar-refractivity contribution in [3.8, 4) is 11.1 Å². The number of hydrogen-bond acceptors (Lipinski definition) is 4. The molecular formula is C22H27N3O2. The van der Waals surface area contributed by atoms with Crippen LogP contribution in [-0.2, 0) is 0 Å². The average molecular weight is 365 g/mol. The average Bonchev–Trinajstić information content (AvgIpc) is 3.40. The lowest BCUT2D eigenvalue weighted by Crippen LogP contribution is -2.42. The van der Waals surface area contributed by atoms with Crippen molar-refractivity contribution in [2.75, 3.05) is 31.7 Å². The van der Waals surface area contributed by atoms with Crippen molar-refractivity contribution in [2.24, 2.45) is 0 Å². The van der Waals surface area contributed by atoms with Crippen molar-refractivity contribution < 1.29 is 10.0 Å². The molecule has 2 aliphatic rings. The molecule has 2 heterocycles. The molecule has 0 radical (unpaired) electrons. The van der Waals surface area contributed by atoms with Crippen LogP contribution in [0.1, 0.15) is 36.0 Å². The molecule has 4 rings (SSSR count). The van der Waals surface area contributed by atoms with Gasteiger partial charge < -0.3 is 9.80 Å². The third-order valence-electron chi connectivity index (χ3n) is 5.80. The number of likely N-dealkylation sites (tertiary alicyclic amines) is 2. The lowest BCUT2D eigenvalue weighted by Gasteiger charge is -2.28. The highest BCUT2D eigenvalue weighted by Gasteiger charge is 2.31. The van der Waals surface area contributed by atoms with Gasteiger partial charge in [-0.15, -0.1) is 0 Å². The number of hydrogen-bond donors (Lipinski definition) is 2. The van der Waals surface area contributed by atoms with Crippen LogP contribution < -0.4 is 5.48 Å². The number of nitrogens with zero attached hydrogens (tertiary/aromatic N) is 2. The molecule has 2 aliphatic heterocycles. The number of nitrogens with one attached hydrogen (secondary N) is 1. The van der Waals surface area contributed by atoms with Crippen molar-refractivity contribution in [1.82, 2.24) is 9.80 Å². The normalized spacial score (nSPS) is 20.2. The number of benzene rings is 2. The maximum atomic E-state index is 13.1. The van der Waals surface area contributed by atoms with Crippen LogP contribution in [0.25, 0.3) is 11.1 Å². The van der Waals surface area contributed by atoms with Crippen LogP contribution in [-0.4, -0.2) is 53.1 Å². The van der Waals surface area contributed by atoms with Gasteiger partial charge in [-0.3, -0.25) is 15.5 Å². The van der Waals surface area contributed by atoms with Crippen LogP contribution in [0.4, 0.5) is 5.69 Å². The zero-order valence-electron chi connectivity index (χ0n) is 15.6. The lowest BCUT2D eigenvalue weighted by molar-refractivity contribution is 0.0709. The summed E-state index contributed by atoms with van der Waals surface area (Å²) in [6, 6.07) is 15.6. The van der Waals surface area contributed by atoms with Crippen LogP contribution in [0, 0.1) is 0 Å². The van der Waals surface area contributed by atoms with Gasteiger partial charge in [0.25, 0.3) is 5.91 Å². The van der Waals surface area contributed by atoms with Crippen molar-refractivity contribution in [2.45, 2.75) is 31.7 Å². The zero-order valence-corrected chi connectivity index (χ0v) is 15.6. The Balaban J connectivity index is 1.48. The number of carbonyl (C=O) groups is 1. The quantitative estimate of drug-likeness (QED) is 0.790. The Morgan fingerprint density at radius 3 is 2.48 bits per heavy atom. The second kappa shape index (κ2) is 8.11. The van der Waals surface area contributed by atoms with Crippen LogP contribution in [0.2, 0.25) is 0 Å². The zero-order chi connectivity index (χ0) is 18.6. The summed E-state index contributed by atoms with van der Waals surface area (Å²) in [5.74, 6) is 0.136. The fraction of sp³-hybridized carbons (Fsp3) is 0.409. The molecule has 2 aromatic rings. The van der Waals surface area contributed by atoms with Gasteiger partial charge in [-0.2, -0.15) is 0 Å². The third kappa shape index (κ3) is 3.84. The molecule has 0 saturated carbocycles. The molecular weight excluding hydrogens is 338 g/mol. The molecule has 0 bridgehead atoms. The summed E-state index contributed by atoms with van der Waals surface area (Å²) in [5, 5.41) is 9.30. The first-order valence-corrected chi connectivity index (χ1v) is 9.89. The van der Waals surface area contributed by atoms with E-state index < -0.39 is 0 Å². The predicted octanol–water partition coefficient (Wildman–Crippen LogP) is 3.86. The molecule has 27 heavy (non-hydrogen) atoms. The highest BCUT2D eigenvalue weighted by molar-refractivity contribution is 5.95. The van der Waals surface area contributed by atoms with Gasteiger partial charge >= 0.3 is 0 Å². The summed E-state index contributed by atoms with van der Waals surface area (Å²) in [6.07, 6.45) is 4.77. The number of anilines is 1. The first kappa shape index (κ1) is 18.0. The minimum Gasteiger partial charge on any atom is -0.334 e. The molecule has 0 aromatic heterocycles. The molecule has 1 atom stereocenters. The van der Waals surface area contributed by atoms with E-state index in [-0.39, 0.29) is 5.91 Å². The van der Waals surface area contributed by atoms with Crippen molar-refractivity contribution in [1.29, 1.82) is 0 Å². The standard InChI is InChI=1S/C22H27N3O2/c26-22(25-15-5-6-19(25)16-24-13-3-4-14-24)18-11-9-17(10-12-18)20-7-1-2-8-21(20)23-27/h1-2,7-12,19,23,27H,3-6,13-16H2. The summed E-state index contributed by atoms with van der Waals surface area (Å²) in [6.45, 7) is 4.22. The highest BCUT2D eigenvalue weighted by atomic mass is 16.5. The van der Waals surface area contributed by atoms with Gasteiger partial charge in [-0.1, -0.05) is 30.3 Å². The van der Waals surface area contributed by atoms with Crippen LogP contribution in [0.3, 0.4) is 0 Å². The molecule has 1 unspecified atom stereocenters. The molecule has 1 amide bonds. The van der Waals surface area contributed by atoms with Crippen molar-refractivity contribution in [3.63, 3.8) is 0 Å². The maximum Gasteiger partial charge on any atom is 0.254 e. The van der Waals surface area contributed by atoms with Gasteiger partial charge in [0.05, 0.1) is 5.69 Å². The van der Waals surface area contributed by atoms with Crippen molar-refractivity contribution in [3.05, 3.63) is 54.1 Å². The fourth-order valence-electron chi connectivity index (χ4n) is 4.35. The van der Waals surface area contributed by atoms with E-state index >= 15 is 0 Å². The van der Waals surface area contributed by atoms with E-state index in [0.29, 0.717) is 11.7 Å². The predicted molar refractivity (Wildman–Crippen MR) is 107 cm³/mol. The van der Waals surface area contributed by atoms with E-state index in [1.807, 2.05) is 48.5 Å². The van der Waals surface area contributed by atoms with Crippen LogP contribution in [0.15, 0.2) is 48.5 Å². The molecule has 2 N–H and O–H groups in total. The SMILES string of the molecule is O=C(c1ccc(-c2ccccc2NO)cc1)N1CCCC1CN1CCCC1. The molecule has 0 spiro atoms. The number of para-hydroxylation sites is 1. The molecule has 5 nitrogen and oxygen atoms in total. The second-order valence-electron chi connectivity index (χ2n) is 7.54. The molecule has 5 heteroatoms. The van der Waals surface area contributed by atoms with Gasteiger partial charge in [0.1, 0.15) is 0 Å². The Morgan fingerprint density at radius 1 is 1.00 bits per heavy atom. The molecule has 2 saturated heterocycles. The Hall–Kier alpha value is -2.37. The summed E-state index contributed by atoms with van der Waals surface area (Å²) in [7, 11) is 0. The Kier molecular flexibility index (Phi) is 5.41. The topological polar surface area (TPSA) is 55.8 Å². The summed E-state index contributed by atoms with van der Waals surface area (Å²) < 4.78 is 0. The Labute approximate surface area is 160 Å². The number of amides is 1. The fourth-order valence-corrected chi connectivity index (χ4v) is 4.35. The van der Waals surface area contributed by atoms with E-state index in [9.17, 15) is 10.0 Å². The van der Waals surface area contributed by atoms with E-state index in [1.165, 1.54) is 25.9 Å². The summed E-state index contributed by atoms with van der Waals surface area (Å²) in [5.41, 5.74) is 5.51. The Bertz CT molecular complexity index is 784. The minimum absolute atomic E-state index is 0.136. The molecule has 0 aliphatic carbocycles. The summed E-state index contributed by atoms with van der Waals surface area (Å²) in [4.78, 5) is 17.6. The first-order chi connectivity index (χ1) is 13.3. The van der Waals surface area contributed by atoms with Gasteiger partial charge in [-0.25, -0.2) is 0 Å². The third-order valence-corrected chi connectivity index (χ3v) is 5.80. The summed E-state index contributed by atoms with van der Waals surface area (Å²) >= 11 is 0. The molecule has 2 aromatic carbocycles. The van der Waals surface area contributed by atoms with Gasteiger partial charge in [0.2, 0.25) is 0 Å². The highest BCUT2D eigenvalue weighted by Crippen LogP contribution is 2.28. The van der Waals surface area contributed by atoms with E-state index in [2.05, 4.69) is 15.3 Å². The maximum absolute atomic E-state index is 13.1. The first-order valence-electron chi connectivity index (χ1n) is 9.89. The van der Waals surface area contributed by atoms with E-state index in [0.717, 1.165) is 42.6 Å². The van der Waals surface area contributed by atoms with E-state index in [1.54, 1.807) is 0 Å². The Morgan fingerprint density at radius 2 is 1.74 bits per heavy atom. The number of carbonyl (C=O) groups excluding carboxylic acids is 1. The van der Waals surface area contributed by atoms with Crippen molar-refractivity contribution >= 4 is 11.6 Å². The smallest absolute Gasteiger partial charge is 0.254 e. The van der Waals surface area contributed by atoms with Crippen LogP contribution in [0.5, 0.6) is 0 Å².